The first-order valence-electron chi connectivity index (χ1n) is 9.92. The van der Waals surface area contributed by atoms with Crippen LogP contribution in [0.15, 0.2) is 36.4 Å². The predicted molar refractivity (Wildman–Crippen MR) is 111 cm³/mol. The summed E-state index contributed by atoms with van der Waals surface area (Å²) >= 11 is 0. The second-order valence-electron chi connectivity index (χ2n) is 8.31. The zero-order valence-corrected chi connectivity index (χ0v) is 16.7. The van der Waals surface area contributed by atoms with Crippen molar-refractivity contribution in [3.8, 4) is 16.9 Å². The summed E-state index contributed by atoms with van der Waals surface area (Å²) in [7, 11) is 0. The van der Waals surface area contributed by atoms with Crippen LogP contribution in [-0.2, 0) is 4.79 Å². The van der Waals surface area contributed by atoms with Gasteiger partial charge in [0.05, 0.1) is 17.3 Å². The maximum Gasteiger partial charge on any atom is 0.306 e. The molecule has 0 atom stereocenters. The van der Waals surface area contributed by atoms with Gasteiger partial charge in [-0.3, -0.25) is 9.78 Å². The molecule has 0 spiro atoms. The Bertz CT molecular complexity index is 1120. The molecule has 2 aromatic carbocycles. The number of hydrogen-bond donors (Lipinski definition) is 2. The maximum absolute atomic E-state index is 13.9. The molecule has 1 aromatic heterocycles. The van der Waals surface area contributed by atoms with Crippen LogP contribution in [0.5, 0.6) is 5.75 Å². The molecule has 0 saturated heterocycles. The van der Waals surface area contributed by atoms with Crippen molar-refractivity contribution in [1.29, 1.82) is 0 Å². The highest BCUT2D eigenvalue weighted by atomic mass is 19.1. The number of aliphatic carboxylic acids is 1. The molecule has 4 rings (SSSR count). The minimum absolute atomic E-state index is 0.0573. The van der Waals surface area contributed by atoms with Crippen LogP contribution >= 0.6 is 0 Å². The van der Waals surface area contributed by atoms with E-state index in [2.05, 4.69) is 13.8 Å². The molecule has 0 bridgehead atoms. The van der Waals surface area contributed by atoms with Crippen LogP contribution < -0.4 is 0 Å². The minimum atomic E-state index is -0.768. The van der Waals surface area contributed by atoms with Crippen LogP contribution in [-0.4, -0.2) is 21.2 Å². The Morgan fingerprint density at radius 1 is 1.14 bits per heavy atom. The van der Waals surface area contributed by atoms with Crippen LogP contribution in [0.4, 0.5) is 4.39 Å². The van der Waals surface area contributed by atoms with Gasteiger partial charge in [-0.25, -0.2) is 4.39 Å². The van der Waals surface area contributed by atoms with Crippen LogP contribution in [0.2, 0.25) is 0 Å². The number of carbonyl (C=O) groups is 1. The average molecular weight is 393 g/mol. The number of aromatic nitrogens is 1. The Morgan fingerprint density at radius 3 is 2.48 bits per heavy atom. The number of halogens is 1. The number of carboxylic acids is 1. The third-order valence-electron chi connectivity index (χ3n) is 5.91. The van der Waals surface area contributed by atoms with Gasteiger partial charge in [0.2, 0.25) is 0 Å². The van der Waals surface area contributed by atoms with Crippen LogP contribution in [0.25, 0.3) is 21.9 Å². The SMILES string of the molecule is Cc1cc(-c2c(C(C)C)nc([C@H]3C[C@@H](C(=O)O)C3)c3cc(O)ccc23)ccc1F. The lowest BCUT2D eigenvalue weighted by molar-refractivity contribution is -0.145. The number of carboxylic acid groups (broad SMARTS) is 1. The van der Waals surface area contributed by atoms with E-state index in [1.54, 1.807) is 25.1 Å². The number of aromatic hydroxyl groups is 1. The number of rotatable bonds is 4. The normalized spacial score (nSPS) is 18.8. The van der Waals surface area contributed by atoms with Crippen LogP contribution in [0, 0.1) is 18.7 Å². The monoisotopic (exact) mass is 393 g/mol. The second kappa shape index (κ2) is 7.14. The summed E-state index contributed by atoms with van der Waals surface area (Å²) in [6.07, 6.45) is 1.11. The first kappa shape index (κ1) is 19.4. The first-order valence-corrected chi connectivity index (χ1v) is 9.92. The molecule has 0 unspecified atom stereocenters. The molecule has 0 radical (unpaired) electrons. The summed E-state index contributed by atoms with van der Waals surface area (Å²) in [5.74, 6) is -1.02. The Balaban J connectivity index is 1.96. The summed E-state index contributed by atoms with van der Waals surface area (Å²) in [5, 5.41) is 21.1. The van der Waals surface area contributed by atoms with Gasteiger partial charge in [0.1, 0.15) is 11.6 Å². The van der Waals surface area contributed by atoms with Gasteiger partial charge >= 0.3 is 5.97 Å². The second-order valence-corrected chi connectivity index (χ2v) is 8.31. The standard InChI is InChI=1S/C24H24FNO3/c1-12(2)22-21(14-4-7-20(25)13(3)8-14)18-6-5-17(27)11-19(18)23(26-22)15-9-16(10-15)24(28)29/h4-8,11-12,15-16,27H,9-10H2,1-3H3,(H,28,29)/t15-,16+. The minimum Gasteiger partial charge on any atom is -0.508 e. The molecule has 29 heavy (non-hydrogen) atoms. The molecule has 4 nitrogen and oxygen atoms in total. The Hall–Kier alpha value is -2.95. The van der Waals surface area contributed by atoms with Crippen molar-refractivity contribution in [2.24, 2.45) is 5.92 Å². The lowest BCUT2D eigenvalue weighted by Crippen LogP contribution is -2.29. The van der Waals surface area contributed by atoms with Gasteiger partial charge in [-0.05, 0) is 72.5 Å². The van der Waals surface area contributed by atoms with Crippen molar-refractivity contribution in [2.45, 2.75) is 45.4 Å². The molecule has 150 valence electrons. The summed E-state index contributed by atoms with van der Waals surface area (Å²) in [6, 6.07) is 10.3. The summed E-state index contributed by atoms with van der Waals surface area (Å²) < 4.78 is 13.9. The van der Waals surface area contributed by atoms with Crippen LogP contribution in [0.3, 0.4) is 0 Å². The number of nitrogens with zero attached hydrogens (tertiary/aromatic N) is 1. The number of phenolic OH excluding ortho intramolecular Hbond substituents is 1. The smallest absolute Gasteiger partial charge is 0.306 e. The largest absolute Gasteiger partial charge is 0.508 e. The van der Waals surface area contributed by atoms with Crippen molar-refractivity contribution >= 4 is 16.7 Å². The Kier molecular flexibility index (Phi) is 4.77. The highest BCUT2D eigenvalue weighted by molar-refractivity contribution is 6.00. The molecule has 0 aliphatic heterocycles. The Labute approximate surface area is 169 Å². The summed E-state index contributed by atoms with van der Waals surface area (Å²) in [4.78, 5) is 16.2. The van der Waals surface area contributed by atoms with Crippen LogP contribution in [0.1, 0.15) is 55.5 Å². The van der Waals surface area contributed by atoms with E-state index < -0.39 is 5.97 Å². The van der Waals surface area contributed by atoms with Gasteiger partial charge in [-0.15, -0.1) is 0 Å². The number of phenols is 1. The topological polar surface area (TPSA) is 70.4 Å². The molecule has 5 heteroatoms. The number of aryl methyl sites for hydroxylation is 1. The fourth-order valence-corrected chi connectivity index (χ4v) is 4.22. The van der Waals surface area contributed by atoms with Crippen molar-refractivity contribution in [2.75, 3.05) is 0 Å². The van der Waals surface area contributed by atoms with Gasteiger partial charge in [0.15, 0.2) is 0 Å². The highest BCUT2D eigenvalue weighted by Crippen LogP contribution is 2.46. The fraction of sp³-hybridized carbons (Fsp3) is 0.333. The van der Waals surface area contributed by atoms with Gasteiger partial charge < -0.3 is 10.2 Å². The zero-order chi connectivity index (χ0) is 20.9. The summed E-state index contributed by atoms with van der Waals surface area (Å²) in [5.41, 5.74) is 4.15. The first-order chi connectivity index (χ1) is 13.8. The molecule has 0 amide bonds. The quantitative estimate of drug-likeness (QED) is 0.591. The molecule has 2 N–H and O–H groups in total. The van der Waals surface area contributed by atoms with Gasteiger partial charge in [-0.2, -0.15) is 0 Å². The van der Waals surface area contributed by atoms with Crippen molar-refractivity contribution < 1.29 is 19.4 Å². The molecule has 1 fully saturated rings. The van der Waals surface area contributed by atoms with E-state index in [4.69, 9.17) is 4.98 Å². The number of fused-ring (bicyclic) bond motifs is 1. The molecule has 1 aliphatic carbocycles. The lowest BCUT2D eigenvalue weighted by atomic mass is 9.72. The van der Waals surface area contributed by atoms with Crippen molar-refractivity contribution in [1.82, 2.24) is 4.98 Å². The summed E-state index contributed by atoms with van der Waals surface area (Å²) in [6.45, 7) is 5.88. The predicted octanol–water partition coefficient (Wildman–Crippen LogP) is 5.76. The third kappa shape index (κ3) is 3.35. The molecular weight excluding hydrogens is 369 g/mol. The van der Waals surface area contributed by atoms with E-state index in [-0.39, 0.29) is 29.3 Å². The number of hydrogen-bond acceptors (Lipinski definition) is 3. The van der Waals surface area contributed by atoms with E-state index in [9.17, 15) is 19.4 Å². The van der Waals surface area contributed by atoms with Gasteiger partial charge in [0.25, 0.3) is 0 Å². The Morgan fingerprint density at radius 2 is 1.86 bits per heavy atom. The molecule has 1 saturated carbocycles. The van der Waals surface area contributed by atoms with E-state index in [1.807, 2.05) is 12.1 Å². The molecule has 3 aromatic rings. The van der Waals surface area contributed by atoms with E-state index in [0.717, 1.165) is 33.3 Å². The van der Waals surface area contributed by atoms with Gasteiger partial charge in [-0.1, -0.05) is 19.9 Å². The zero-order valence-electron chi connectivity index (χ0n) is 16.7. The molecule has 1 heterocycles. The van der Waals surface area contributed by atoms with E-state index >= 15 is 0 Å². The third-order valence-corrected chi connectivity index (χ3v) is 5.91. The van der Waals surface area contributed by atoms with Crippen molar-refractivity contribution in [3.63, 3.8) is 0 Å². The molecule has 1 aliphatic rings. The average Bonchev–Trinajstić information content (AvgIpc) is 2.62. The number of benzene rings is 2. The fourth-order valence-electron chi connectivity index (χ4n) is 4.22. The van der Waals surface area contributed by atoms with E-state index in [0.29, 0.717) is 18.4 Å². The molecular formula is C24H24FNO3. The lowest BCUT2D eigenvalue weighted by Gasteiger charge is -2.33. The van der Waals surface area contributed by atoms with E-state index in [1.165, 1.54) is 6.07 Å². The van der Waals surface area contributed by atoms with Gasteiger partial charge in [0, 0.05) is 16.9 Å². The highest BCUT2D eigenvalue weighted by Gasteiger charge is 2.37. The van der Waals surface area contributed by atoms with Crippen molar-refractivity contribution in [3.05, 3.63) is 59.2 Å². The number of pyridine rings is 1. The maximum atomic E-state index is 13.9.